The van der Waals surface area contributed by atoms with Crippen molar-refractivity contribution >= 4 is 46.7 Å². The zero-order valence-corrected chi connectivity index (χ0v) is 18.2. The number of hydrogen-bond donors (Lipinski definition) is 0. The van der Waals surface area contributed by atoms with E-state index in [9.17, 15) is 4.79 Å². The first-order chi connectivity index (χ1) is 13.7. The molecule has 1 atom stereocenters. The number of likely N-dealkylation sites (tertiary alicyclic amines) is 1. The fourth-order valence-electron chi connectivity index (χ4n) is 3.86. The molecule has 28 heavy (non-hydrogen) atoms. The molecule has 3 nitrogen and oxygen atoms in total. The molecule has 1 amide bonds. The van der Waals surface area contributed by atoms with Crippen molar-refractivity contribution in [3.63, 3.8) is 0 Å². The minimum atomic E-state index is -0.00237. The van der Waals surface area contributed by atoms with Crippen molar-refractivity contribution < 1.29 is 4.79 Å². The van der Waals surface area contributed by atoms with Gasteiger partial charge < -0.3 is 9.80 Å². The van der Waals surface area contributed by atoms with Gasteiger partial charge in [-0.1, -0.05) is 41.9 Å². The second-order valence-corrected chi connectivity index (χ2v) is 9.68. The highest BCUT2D eigenvalue weighted by Gasteiger charge is 2.36. The van der Waals surface area contributed by atoms with Crippen molar-refractivity contribution in [1.82, 2.24) is 9.80 Å². The first kappa shape index (κ1) is 20.0. The monoisotopic (exact) mass is 432 g/mol. The van der Waals surface area contributed by atoms with Gasteiger partial charge in [0.05, 0.1) is 4.91 Å². The fraction of sp³-hybridized carbons (Fsp3) is 0.409. The molecule has 1 aromatic heterocycles. The van der Waals surface area contributed by atoms with Crippen molar-refractivity contribution in [2.45, 2.75) is 31.1 Å². The highest BCUT2D eigenvalue weighted by Crippen LogP contribution is 2.46. The van der Waals surface area contributed by atoms with Crippen LogP contribution < -0.4 is 0 Å². The lowest BCUT2D eigenvalue weighted by Crippen LogP contribution is -2.34. The van der Waals surface area contributed by atoms with Crippen LogP contribution in [0.2, 0.25) is 5.02 Å². The van der Waals surface area contributed by atoms with E-state index in [1.165, 1.54) is 32.4 Å². The van der Waals surface area contributed by atoms with Crippen molar-refractivity contribution in [2.75, 3.05) is 26.2 Å². The lowest BCUT2D eigenvalue weighted by molar-refractivity contribution is -0.126. The van der Waals surface area contributed by atoms with Crippen LogP contribution in [0.5, 0.6) is 0 Å². The number of carbonyl (C=O) groups excluding carboxylic acids is 1. The lowest BCUT2D eigenvalue weighted by Gasteiger charge is -2.28. The van der Waals surface area contributed by atoms with Gasteiger partial charge in [-0.25, -0.2) is 0 Å². The molecule has 1 unspecified atom stereocenters. The van der Waals surface area contributed by atoms with Crippen LogP contribution in [-0.4, -0.2) is 41.9 Å². The Kier molecular flexibility index (Phi) is 6.78. The number of nitrogens with zero attached hydrogens (tertiary/aromatic N) is 2. The lowest BCUT2D eigenvalue weighted by atomic mass is 10.1. The van der Waals surface area contributed by atoms with E-state index in [0.29, 0.717) is 5.02 Å². The van der Waals surface area contributed by atoms with Gasteiger partial charge in [-0.15, -0.1) is 0 Å². The Morgan fingerprint density at radius 1 is 1.14 bits per heavy atom. The summed E-state index contributed by atoms with van der Waals surface area (Å²) in [5, 5.41) is 4.83. The molecule has 3 heterocycles. The quantitative estimate of drug-likeness (QED) is 0.531. The number of halogens is 1. The Hall–Kier alpha value is -1.27. The first-order valence-electron chi connectivity index (χ1n) is 9.90. The molecule has 2 saturated heterocycles. The van der Waals surface area contributed by atoms with Crippen LogP contribution in [0, 0.1) is 0 Å². The molecule has 0 bridgehead atoms. The maximum Gasteiger partial charge on any atom is 0.261 e. The minimum Gasteiger partial charge on any atom is -0.322 e. The van der Waals surface area contributed by atoms with E-state index < -0.39 is 0 Å². The standard InChI is InChI=1S/C22H25ClN2OS2/c23-19-7-4-6-18(15-19)22-25(12-5-11-24-9-2-1-3-10-24)21(26)20(28-22)14-17-8-13-27-16-17/h4,6-8,13-16,22H,1-3,5,9-12H2/b20-14+. The van der Waals surface area contributed by atoms with Crippen LogP contribution >= 0.6 is 34.7 Å². The summed E-state index contributed by atoms with van der Waals surface area (Å²) in [6.45, 7) is 4.24. The molecule has 0 saturated carbocycles. The van der Waals surface area contributed by atoms with Crippen LogP contribution in [0.3, 0.4) is 0 Å². The molecule has 0 N–H and O–H groups in total. The van der Waals surface area contributed by atoms with E-state index in [1.54, 1.807) is 23.1 Å². The number of amides is 1. The fourth-order valence-corrected chi connectivity index (χ4v) is 5.95. The Balaban J connectivity index is 1.50. The molecule has 0 radical (unpaired) electrons. The summed E-state index contributed by atoms with van der Waals surface area (Å²) in [6, 6.07) is 9.96. The number of piperidine rings is 1. The molecule has 6 heteroatoms. The molecule has 2 aromatic rings. The summed E-state index contributed by atoms with van der Waals surface area (Å²) in [5.74, 6) is 0.139. The van der Waals surface area contributed by atoms with Gasteiger partial charge in [0.2, 0.25) is 0 Å². The zero-order chi connectivity index (χ0) is 19.3. The summed E-state index contributed by atoms with van der Waals surface area (Å²) in [5.41, 5.74) is 2.19. The molecule has 0 spiro atoms. The molecular formula is C22H25ClN2OS2. The van der Waals surface area contributed by atoms with Crippen LogP contribution in [0.15, 0.2) is 46.0 Å². The third-order valence-electron chi connectivity index (χ3n) is 5.29. The average Bonchev–Trinajstić information content (AvgIpc) is 3.32. The molecule has 2 fully saturated rings. The SMILES string of the molecule is O=C1/C(=C\c2ccsc2)SC(c2cccc(Cl)c2)N1CCCN1CCCCC1. The maximum absolute atomic E-state index is 13.2. The molecule has 2 aliphatic rings. The second kappa shape index (κ2) is 9.49. The van der Waals surface area contributed by atoms with Gasteiger partial charge in [0, 0.05) is 11.6 Å². The smallest absolute Gasteiger partial charge is 0.261 e. The number of benzene rings is 1. The topological polar surface area (TPSA) is 23.6 Å². The Morgan fingerprint density at radius 2 is 2.00 bits per heavy atom. The van der Waals surface area contributed by atoms with Gasteiger partial charge >= 0.3 is 0 Å². The maximum atomic E-state index is 13.2. The van der Waals surface area contributed by atoms with Crippen LogP contribution in [0.1, 0.15) is 42.2 Å². The molecule has 1 aromatic carbocycles. The highest BCUT2D eigenvalue weighted by atomic mass is 35.5. The van der Waals surface area contributed by atoms with Crippen molar-refractivity contribution in [1.29, 1.82) is 0 Å². The summed E-state index contributed by atoms with van der Waals surface area (Å²) in [6.07, 6.45) is 6.99. The van der Waals surface area contributed by atoms with Gasteiger partial charge in [-0.3, -0.25) is 4.79 Å². The van der Waals surface area contributed by atoms with E-state index in [0.717, 1.165) is 35.5 Å². The number of rotatable bonds is 6. The number of hydrogen-bond acceptors (Lipinski definition) is 4. The Labute approximate surface area is 180 Å². The molecule has 148 valence electrons. The van der Waals surface area contributed by atoms with Gasteiger partial charge in [0.1, 0.15) is 5.37 Å². The van der Waals surface area contributed by atoms with Crippen LogP contribution in [0.25, 0.3) is 6.08 Å². The van der Waals surface area contributed by atoms with Crippen molar-refractivity contribution in [3.8, 4) is 0 Å². The Morgan fingerprint density at radius 3 is 2.75 bits per heavy atom. The largest absolute Gasteiger partial charge is 0.322 e. The van der Waals surface area contributed by atoms with Gasteiger partial charge in [-0.2, -0.15) is 11.3 Å². The van der Waals surface area contributed by atoms with Gasteiger partial charge in [0.25, 0.3) is 5.91 Å². The summed E-state index contributed by atoms with van der Waals surface area (Å²) < 4.78 is 0. The molecule has 0 aliphatic carbocycles. The van der Waals surface area contributed by atoms with E-state index in [1.807, 2.05) is 34.6 Å². The van der Waals surface area contributed by atoms with E-state index in [2.05, 4.69) is 22.4 Å². The second-order valence-electron chi connectivity index (χ2n) is 7.34. The van der Waals surface area contributed by atoms with E-state index in [-0.39, 0.29) is 11.3 Å². The van der Waals surface area contributed by atoms with Crippen LogP contribution in [-0.2, 0) is 4.79 Å². The summed E-state index contributed by atoms with van der Waals surface area (Å²) >= 11 is 9.53. The minimum absolute atomic E-state index is 0.00237. The summed E-state index contributed by atoms with van der Waals surface area (Å²) in [4.78, 5) is 18.6. The Bertz CT molecular complexity index is 831. The van der Waals surface area contributed by atoms with Crippen LogP contribution in [0.4, 0.5) is 0 Å². The highest BCUT2D eigenvalue weighted by molar-refractivity contribution is 8.04. The predicted octanol–water partition coefficient (Wildman–Crippen LogP) is 5.89. The summed E-state index contributed by atoms with van der Waals surface area (Å²) in [7, 11) is 0. The first-order valence-corrected chi connectivity index (χ1v) is 12.1. The predicted molar refractivity (Wildman–Crippen MR) is 121 cm³/mol. The zero-order valence-electron chi connectivity index (χ0n) is 15.9. The number of thioether (sulfide) groups is 1. The molecule has 4 rings (SSSR count). The van der Waals surface area contributed by atoms with Crippen molar-refractivity contribution in [2.24, 2.45) is 0 Å². The van der Waals surface area contributed by atoms with E-state index >= 15 is 0 Å². The van der Waals surface area contributed by atoms with E-state index in [4.69, 9.17) is 11.6 Å². The molecular weight excluding hydrogens is 408 g/mol. The van der Waals surface area contributed by atoms with Crippen molar-refractivity contribution in [3.05, 3.63) is 62.1 Å². The number of carbonyl (C=O) groups is 1. The number of thiophene rings is 1. The third-order valence-corrected chi connectivity index (χ3v) is 7.52. The normalized spacial score (nSPS) is 22.3. The third kappa shape index (κ3) is 4.82. The van der Waals surface area contributed by atoms with Gasteiger partial charge in [-0.05, 0) is 85.1 Å². The average molecular weight is 433 g/mol. The van der Waals surface area contributed by atoms with Gasteiger partial charge in [0.15, 0.2) is 0 Å². The molecule has 2 aliphatic heterocycles.